The van der Waals surface area contributed by atoms with Crippen LogP contribution in [0, 0.1) is 0 Å². The van der Waals surface area contributed by atoms with Crippen molar-refractivity contribution in [3.05, 3.63) is 71.8 Å². The van der Waals surface area contributed by atoms with Crippen LogP contribution >= 0.6 is 8.60 Å². The number of alkyl carbamates (subject to hydrolysis) is 1. The monoisotopic (exact) mass is 465 g/mol. The van der Waals surface area contributed by atoms with Crippen LogP contribution < -0.4 is 5.32 Å². The Hall–Kier alpha value is -2.05. The average molecular weight is 466 g/mol. The number of carbonyl (C=O) groups is 1. The van der Waals surface area contributed by atoms with Crippen LogP contribution in [-0.2, 0) is 31.5 Å². The van der Waals surface area contributed by atoms with Crippen molar-refractivity contribution < 1.29 is 27.5 Å². The van der Waals surface area contributed by atoms with E-state index in [0.29, 0.717) is 0 Å². The van der Waals surface area contributed by atoms with Gasteiger partial charge in [0.15, 0.2) is 0 Å². The van der Waals surface area contributed by atoms with Crippen molar-refractivity contribution in [3.63, 3.8) is 0 Å². The standard InChI is InChI=1S/C24H33FNO5P/c1-23(2,3)30-22(27)26-16-21(25)24(4,5)31-32(28-17-19-12-8-6-9-13-19)29-18-20-14-10-7-11-15-20/h6-15,21H,16-18H2,1-5H3,(H,26,27). The molecule has 0 radical (unpaired) electrons. The molecule has 0 aliphatic carbocycles. The maximum atomic E-state index is 15.0. The fraction of sp³-hybridized carbons (Fsp3) is 0.458. The third-order valence-corrected chi connectivity index (χ3v) is 5.55. The van der Waals surface area contributed by atoms with Gasteiger partial charge in [0.1, 0.15) is 17.4 Å². The normalized spacial score (nSPS) is 13.1. The number of hydrogen-bond acceptors (Lipinski definition) is 5. The lowest BCUT2D eigenvalue weighted by Gasteiger charge is -2.32. The smallest absolute Gasteiger partial charge is 0.407 e. The zero-order valence-corrected chi connectivity index (χ0v) is 20.2. The van der Waals surface area contributed by atoms with Crippen molar-refractivity contribution in [2.75, 3.05) is 6.54 Å². The molecular formula is C24H33FNO5P. The van der Waals surface area contributed by atoms with Crippen molar-refractivity contribution in [1.29, 1.82) is 0 Å². The number of benzene rings is 2. The number of hydrogen-bond donors (Lipinski definition) is 1. The molecule has 1 amide bonds. The summed E-state index contributed by atoms with van der Waals surface area (Å²) in [7, 11) is -1.86. The lowest BCUT2D eigenvalue weighted by Crippen LogP contribution is -2.44. The summed E-state index contributed by atoms with van der Waals surface area (Å²) in [6.07, 6.45) is -2.19. The maximum Gasteiger partial charge on any atom is 0.407 e. The first-order valence-corrected chi connectivity index (χ1v) is 11.6. The van der Waals surface area contributed by atoms with Gasteiger partial charge in [-0.05, 0) is 45.7 Å². The molecule has 0 heterocycles. The highest BCUT2D eigenvalue weighted by molar-refractivity contribution is 7.41. The van der Waals surface area contributed by atoms with Gasteiger partial charge in [-0.25, -0.2) is 9.18 Å². The van der Waals surface area contributed by atoms with Crippen LogP contribution in [-0.4, -0.2) is 30.0 Å². The topological polar surface area (TPSA) is 66.0 Å². The highest BCUT2D eigenvalue weighted by Crippen LogP contribution is 2.46. The van der Waals surface area contributed by atoms with Gasteiger partial charge in [0.05, 0.1) is 19.8 Å². The van der Waals surface area contributed by atoms with E-state index in [4.69, 9.17) is 18.3 Å². The minimum absolute atomic E-state index is 0.261. The molecule has 6 nitrogen and oxygen atoms in total. The minimum Gasteiger partial charge on any atom is -0.444 e. The Morgan fingerprint density at radius 2 is 1.38 bits per heavy atom. The Labute approximate surface area is 191 Å². The van der Waals surface area contributed by atoms with E-state index < -0.39 is 32.1 Å². The zero-order valence-electron chi connectivity index (χ0n) is 19.3. The first kappa shape index (κ1) is 26.2. The van der Waals surface area contributed by atoms with E-state index >= 15 is 0 Å². The van der Waals surface area contributed by atoms with Gasteiger partial charge >= 0.3 is 14.7 Å². The molecule has 1 unspecified atom stereocenters. The molecule has 0 spiro atoms. The summed E-state index contributed by atoms with van der Waals surface area (Å²) < 4.78 is 37.8. The largest absolute Gasteiger partial charge is 0.444 e. The van der Waals surface area contributed by atoms with Crippen LogP contribution in [0.2, 0.25) is 0 Å². The summed E-state index contributed by atoms with van der Waals surface area (Å²) in [5, 5.41) is 2.44. The van der Waals surface area contributed by atoms with E-state index in [0.717, 1.165) is 11.1 Å². The SMILES string of the molecule is CC(C)(C)OC(=O)NCC(F)C(C)(C)OP(OCc1ccccc1)OCc1ccccc1. The quantitative estimate of drug-likeness (QED) is 0.394. The van der Waals surface area contributed by atoms with Gasteiger partial charge in [0.2, 0.25) is 0 Å². The highest BCUT2D eigenvalue weighted by Gasteiger charge is 2.36. The first-order chi connectivity index (χ1) is 15.0. The zero-order chi connectivity index (χ0) is 23.6. The summed E-state index contributed by atoms with van der Waals surface area (Å²) in [4.78, 5) is 11.8. The molecular weight excluding hydrogens is 432 g/mol. The molecule has 0 aliphatic rings. The molecule has 0 saturated heterocycles. The maximum absolute atomic E-state index is 15.0. The molecule has 0 aliphatic heterocycles. The molecule has 1 N–H and O–H groups in total. The Morgan fingerprint density at radius 3 is 1.81 bits per heavy atom. The van der Waals surface area contributed by atoms with Crippen LogP contribution in [0.1, 0.15) is 45.7 Å². The molecule has 2 aromatic rings. The summed E-state index contributed by atoms with van der Waals surface area (Å²) in [5.41, 5.74) is -0.0258. The van der Waals surface area contributed by atoms with Gasteiger partial charge in [-0.3, -0.25) is 0 Å². The number of alkyl halides is 1. The van der Waals surface area contributed by atoms with E-state index in [1.165, 1.54) is 0 Å². The van der Waals surface area contributed by atoms with E-state index in [2.05, 4.69) is 5.32 Å². The second-order valence-electron chi connectivity index (χ2n) is 8.79. The van der Waals surface area contributed by atoms with Crippen LogP contribution in [0.3, 0.4) is 0 Å². The van der Waals surface area contributed by atoms with Gasteiger partial charge in [0.25, 0.3) is 0 Å². The molecule has 1 atom stereocenters. The second-order valence-corrected chi connectivity index (χ2v) is 9.93. The third-order valence-electron chi connectivity index (χ3n) is 4.25. The van der Waals surface area contributed by atoms with Crippen molar-refractivity contribution >= 4 is 14.7 Å². The summed E-state index contributed by atoms with van der Waals surface area (Å²) in [6, 6.07) is 19.2. The van der Waals surface area contributed by atoms with Crippen LogP contribution in [0.4, 0.5) is 9.18 Å². The van der Waals surface area contributed by atoms with Crippen LogP contribution in [0.25, 0.3) is 0 Å². The summed E-state index contributed by atoms with van der Waals surface area (Å²) in [6.45, 7) is 8.70. The van der Waals surface area contributed by atoms with Crippen molar-refractivity contribution in [2.24, 2.45) is 0 Å². The molecule has 32 heavy (non-hydrogen) atoms. The first-order valence-electron chi connectivity index (χ1n) is 10.5. The highest BCUT2D eigenvalue weighted by atomic mass is 31.2. The Kier molecular flexibility index (Phi) is 10.0. The number of carbonyl (C=O) groups excluding carboxylic acids is 1. The predicted octanol–water partition coefficient (Wildman–Crippen LogP) is 6.30. The van der Waals surface area contributed by atoms with Crippen LogP contribution in [0.5, 0.6) is 0 Å². The van der Waals surface area contributed by atoms with Gasteiger partial charge in [-0.2, -0.15) is 0 Å². The van der Waals surface area contributed by atoms with Gasteiger partial charge in [0, 0.05) is 0 Å². The van der Waals surface area contributed by atoms with Crippen LogP contribution in [0.15, 0.2) is 60.7 Å². The molecule has 8 heteroatoms. The number of nitrogens with one attached hydrogen (secondary N) is 1. The summed E-state index contributed by atoms with van der Waals surface area (Å²) in [5.74, 6) is 0. The van der Waals surface area contributed by atoms with Gasteiger partial charge in [-0.15, -0.1) is 0 Å². The van der Waals surface area contributed by atoms with Gasteiger partial charge < -0.3 is 23.6 Å². The third kappa shape index (κ3) is 10.0. The van der Waals surface area contributed by atoms with Gasteiger partial charge in [-0.1, -0.05) is 60.7 Å². The second kappa shape index (κ2) is 12.3. The number of rotatable bonds is 11. The molecule has 2 aromatic carbocycles. The number of halogens is 1. The fourth-order valence-corrected chi connectivity index (χ4v) is 3.66. The van der Waals surface area contributed by atoms with E-state index in [-0.39, 0.29) is 19.8 Å². The molecule has 0 bridgehead atoms. The predicted molar refractivity (Wildman–Crippen MR) is 124 cm³/mol. The van der Waals surface area contributed by atoms with E-state index in [9.17, 15) is 9.18 Å². The Bertz CT molecular complexity index is 771. The number of amides is 1. The number of ether oxygens (including phenoxy) is 1. The molecule has 0 aromatic heterocycles. The molecule has 176 valence electrons. The summed E-state index contributed by atoms with van der Waals surface area (Å²) >= 11 is 0. The van der Waals surface area contributed by atoms with Crippen molar-refractivity contribution in [1.82, 2.24) is 5.32 Å². The Balaban J connectivity index is 1.96. The van der Waals surface area contributed by atoms with Crippen molar-refractivity contribution in [2.45, 2.75) is 65.2 Å². The van der Waals surface area contributed by atoms with E-state index in [1.54, 1.807) is 34.6 Å². The molecule has 0 fully saturated rings. The van der Waals surface area contributed by atoms with E-state index in [1.807, 2.05) is 60.7 Å². The molecule has 0 saturated carbocycles. The lowest BCUT2D eigenvalue weighted by atomic mass is 10.0. The fourth-order valence-electron chi connectivity index (χ4n) is 2.48. The lowest BCUT2D eigenvalue weighted by molar-refractivity contribution is -0.00587. The Morgan fingerprint density at radius 1 is 0.906 bits per heavy atom. The average Bonchev–Trinajstić information content (AvgIpc) is 2.74. The van der Waals surface area contributed by atoms with Crippen molar-refractivity contribution in [3.8, 4) is 0 Å². The molecule has 2 rings (SSSR count). The minimum atomic E-state index is -1.86.